The standard InChI is InChI=1S/C12H15BrN2O2/c1-12(6-7-14)8-17-11(16)15(12)10-4-2-9(13)3-5-10/h2-5H,6-8,14H2,1H3. The van der Waals surface area contributed by atoms with Gasteiger partial charge in [0.15, 0.2) is 0 Å². The van der Waals surface area contributed by atoms with Crippen LogP contribution in [0.1, 0.15) is 13.3 Å². The van der Waals surface area contributed by atoms with Crippen molar-refractivity contribution in [1.82, 2.24) is 0 Å². The quantitative estimate of drug-likeness (QED) is 0.933. The molecule has 2 N–H and O–H groups in total. The molecule has 1 fully saturated rings. The molecule has 0 aromatic heterocycles. The van der Waals surface area contributed by atoms with Crippen LogP contribution in [0.15, 0.2) is 28.7 Å². The van der Waals surface area contributed by atoms with E-state index in [9.17, 15) is 4.79 Å². The Morgan fingerprint density at radius 3 is 2.71 bits per heavy atom. The molecule has 1 atom stereocenters. The van der Waals surface area contributed by atoms with E-state index in [2.05, 4.69) is 15.9 Å². The van der Waals surface area contributed by atoms with Crippen LogP contribution in [-0.2, 0) is 4.74 Å². The number of carbonyl (C=O) groups is 1. The van der Waals surface area contributed by atoms with E-state index in [-0.39, 0.29) is 11.6 Å². The van der Waals surface area contributed by atoms with Crippen molar-refractivity contribution in [3.8, 4) is 0 Å². The Labute approximate surface area is 109 Å². The van der Waals surface area contributed by atoms with Crippen LogP contribution in [0.2, 0.25) is 0 Å². The van der Waals surface area contributed by atoms with Gasteiger partial charge in [0.2, 0.25) is 0 Å². The number of nitrogens with two attached hydrogens (primary N) is 1. The lowest BCUT2D eigenvalue weighted by Gasteiger charge is -2.31. The lowest BCUT2D eigenvalue weighted by Crippen LogP contribution is -2.46. The van der Waals surface area contributed by atoms with E-state index in [1.165, 1.54) is 0 Å². The second-order valence-electron chi connectivity index (χ2n) is 4.40. The van der Waals surface area contributed by atoms with Crippen LogP contribution in [0.3, 0.4) is 0 Å². The van der Waals surface area contributed by atoms with Gasteiger partial charge in [-0.2, -0.15) is 0 Å². The molecule has 4 nitrogen and oxygen atoms in total. The van der Waals surface area contributed by atoms with Gasteiger partial charge in [-0.15, -0.1) is 0 Å². The van der Waals surface area contributed by atoms with Crippen molar-refractivity contribution in [1.29, 1.82) is 0 Å². The molecule has 1 aromatic rings. The highest BCUT2D eigenvalue weighted by atomic mass is 79.9. The highest BCUT2D eigenvalue weighted by Gasteiger charge is 2.43. The summed E-state index contributed by atoms with van der Waals surface area (Å²) in [5, 5.41) is 0. The number of cyclic esters (lactones) is 1. The molecule has 0 bridgehead atoms. The van der Waals surface area contributed by atoms with Gasteiger partial charge in [-0.05, 0) is 44.2 Å². The SMILES string of the molecule is CC1(CCN)COC(=O)N1c1ccc(Br)cc1. The van der Waals surface area contributed by atoms with Crippen molar-refractivity contribution in [2.24, 2.45) is 5.73 Å². The number of ether oxygens (including phenoxy) is 1. The normalized spacial score (nSPS) is 23.9. The fraction of sp³-hybridized carbons (Fsp3) is 0.417. The summed E-state index contributed by atoms with van der Waals surface area (Å²) in [5.74, 6) is 0. The van der Waals surface area contributed by atoms with Gasteiger partial charge in [0.05, 0.1) is 5.54 Å². The predicted octanol–water partition coefficient (Wildman–Crippen LogP) is 2.51. The van der Waals surface area contributed by atoms with Gasteiger partial charge in [-0.1, -0.05) is 15.9 Å². The molecule has 1 unspecified atom stereocenters. The van der Waals surface area contributed by atoms with Gasteiger partial charge in [-0.3, -0.25) is 4.90 Å². The Kier molecular flexibility index (Phi) is 3.40. The highest BCUT2D eigenvalue weighted by Crippen LogP contribution is 2.33. The monoisotopic (exact) mass is 298 g/mol. The summed E-state index contributed by atoms with van der Waals surface area (Å²) in [6.07, 6.45) is 0.415. The molecule has 1 aliphatic heterocycles. The van der Waals surface area contributed by atoms with E-state index in [1.807, 2.05) is 31.2 Å². The zero-order valence-corrected chi connectivity index (χ0v) is 11.2. The molecule has 1 aromatic carbocycles. The minimum atomic E-state index is -0.348. The molecule has 1 heterocycles. The van der Waals surface area contributed by atoms with Gasteiger partial charge < -0.3 is 10.5 Å². The molecule has 0 radical (unpaired) electrons. The number of amides is 1. The van der Waals surface area contributed by atoms with Crippen molar-refractivity contribution in [2.75, 3.05) is 18.1 Å². The smallest absolute Gasteiger partial charge is 0.415 e. The van der Waals surface area contributed by atoms with Gasteiger partial charge >= 0.3 is 6.09 Å². The third-order valence-corrected chi connectivity index (χ3v) is 3.53. The molecule has 0 saturated carbocycles. The molecule has 92 valence electrons. The molecule has 2 rings (SSSR count). The zero-order valence-electron chi connectivity index (χ0n) is 9.65. The summed E-state index contributed by atoms with van der Waals surface area (Å²) in [7, 11) is 0. The Hall–Kier alpha value is -1.07. The molecular formula is C12H15BrN2O2. The second kappa shape index (κ2) is 4.66. The first-order chi connectivity index (χ1) is 8.07. The molecule has 5 heteroatoms. The zero-order chi connectivity index (χ0) is 12.5. The van der Waals surface area contributed by atoms with Gasteiger partial charge in [0, 0.05) is 10.2 Å². The van der Waals surface area contributed by atoms with Gasteiger partial charge in [0.1, 0.15) is 6.61 Å². The summed E-state index contributed by atoms with van der Waals surface area (Å²) < 4.78 is 6.12. The summed E-state index contributed by atoms with van der Waals surface area (Å²) in [4.78, 5) is 13.5. The predicted molar refractivity (Wildman–Crippen MR) is 70.0 cm³/mol. The fourth-order valence-corrected chi connectivity index (χ4v) is 2.33. The van der Waals surface area contributed by atoms with Crippen molar-refractivity contribution >= 4 is 27.7 Å². The number of nitrogens with zero attached hydrogens (tertiary/aromatic N) is 1. The highest BCUT2D eigenvalue weighted by molar-refractivity contribution is 9.10. The first-order valence-corrected chi connectivity index (χ1v) is 6.29. The van der Waals surface area contributed by atoms with Crippen LogP contribution in [0.5, 0.6) is 0 Å². The van der Waals surface area contributed by atoms with E-state index >= 15 is 0 Å². The molecular weight excluding hydrogens is 284 g/mol. The van der Waals surface area contributed by atoms with Crippen molar-refractivity contribution in [3.05, 3.63) is 28.7 Å². The molecule has 0 aliphatic carbocycles. The van der Waals surface area contributed by atoms with Crippen molar-refractivity contribution in [2.45, 2.75) is 18.9 Å². The second-order valence-corrected chi connectivity index (χ2v) is 5.32. The third kappa shape index (κ3) is 2.30. The topological polar surface area (TPSA) is 55.6 Å². The number of hydrogen-bond donors (Lipinski definition) is 1. The number of benzene rings is 1. The van der Waals surface area contributed by atoms with Crippen LogP contribution < -0.4 is 10.6 Å². The van der Waals surface area contributed by atoms with Crippen molar-refractivity contribution in [3.63, 3.8) is 0 Å². The first-order valence-electron chi connectivity index (χ1n) is 5.49. The molecule has 0 spiro atoms. The Morgan fingerprint density at radius 1 is 1.47 bits per heavy atom. The van der Waals surface area contributed by atoms with E-state index in [4.69, 9.17) is 10.5 Å². The summed E-state index contributed by atoms with van der Waals surface area (Å²) >= 11 is 3.37. The van der Waals surface area contributed by atoms with Crippen molar-refractivity contribution < 1.29 is 9.53 Å². The number of rotatable bonds is 3. The maximum atomic E-state index is 11.8. The summed E-state index contributed by atoms with van der Waals surface area (Å²) in [5.41, 5.74) is 6.09. The lowest BCUT2D eigenvalue weighted by atomic mass is 9.97. The molecule has 1 amide bonds. The molecule has 1 aliphatic rings. The van der Waals surface area contributed by atoms with Crippen LogP contribution in [0.4, 0.5) is 10.5 Å². The van der Waals surface area contributed by atoms with Crippen LogP contribution >= 0.6 is 15.9 Å². The third-order valence-electron chi connectivity index (χ3n) is 3.00. The van der Waals surface area contributed by atoms with E-state index in [0.29, 0.717) is 13.2 Å². The average molecular weight is 299 g/mol. The minimum absolute atomic E-state index is 0.303. The van der Waals surface area contributed by atoms with Crippen LogP contribution in [-0.4, -0.2) is 24.8 Å². The fourth-order valence-electron chi connectivity index (χ4n) is 2.07. The van der Waals surface area contributed by atoms with E-state index < -0.39 is 0 Å². The van der Waals surface area contributed by atoms with Gasteiger partial charge in [-0.25, -0.2) is 4.79 Å². The maximum Gasteiger partial charge on any atom is 0.415 e. The van der Waals surface area contributed by atoms with Crippen LogP contribution in [0, 0.1) is 0 Å². The summed E-state index contributed by atoms with van der Waals surface area (Å²) in [6.45, 7) is 2.91. The number of carbonyl (C=O) groups excluding carboxylic acids is 1. The minimum Gasteiger partial charge on any atom is -0.447 e. The Balaban J connectivity index is 2.33. The average Bonchev–Trinajstić information content (AvgIpc) is 2.57. The van der Waals surface area contributed by atoms with E-state index in [1.54, 1.807) is 4.90 Å². The molecule has 17 heavy (non-hydrogen) atoms. The lowest BCUT2D eigenvalue weighted by molar-refractivity contribution is 0.173. The molecule has 1 saturated heterocycles. The largest absolute Gasteiger partial charge is 0.447 e. The first kappa shape index (κ1) is 12.4. The van der Waals surface area contributed by atoms with Gasteiger partial charge in [0.25, 0.3) is 0 Å². The van der Waals surface area contributed by atoms with Crippen LogP contribution in [0.25, 0.3) is 0 Å². The maximum absolute atomic E-state index is 11.8. The Morgan fingerprint density at radius 2 is 2.12 bits per heavy atom. The van der Waals surface area contributed by atoms with E-state index in [0.717, 1.165) is 16.6 Å². The Bertz CT molecular complexity index is 421. The number of hydrogen-bond acceptors (Lipinski definition) is 3. The number of anilines is 1. The number of halogens is 1. The summed E-state index contributed by atoms with van der Waals surface area (Å²) in [6, 6.07) is 7.60.